The second-order valence-electron chi connectivity index (χ2n) is 4.56. The first-order valence-electron chi connectivity index (χ1n) is 6.08. The zero-order valence-corrected chi connectivity index (χ0v) is 9.71. The van der Waals surface area contributed by atoms with Crippen molar-refractivity contribution in [2.45, 2.75) is 31.8 Å². The Kier molecular flexibility index (Phi) is 2.78. The number of hydrogen-bond donors (Lipinski definition) is 1. The second-order valence-corrected chi connectivity index (χ2v) is 4.56. The molecular weight excluding hydrogens is 212 g/mol. The molecule has 1 N–H and O–H groups in total. The van der Waals surface area contributed by atoms with Crippen molar-refractivity contribution in [1.82, 2.24) is 14.8 Å². The van der Waals surface area contributed by atoms with Crippen molar-refractivity contribution in [3.05, 3.63) is 42.5 Å². The van der Waals surface area contributed by atoms with Gasteiger partial charge in [-0.15, -0.1) is 0 Å². The Morgan fingerprint density at radius 3 is 2.65 bits per heavy atom. The highest BCUT2D eigenvalue weighted by Crippen LogP contribution is 2.23. The number of rotatable bonds is 4. The lowest BCUT2D eigenvalue weighted by atomic mass is 9.93. The molecule has 4 heteroatoms. The molecule has 0 spiro atoms. The average molecular weight is 228 g/mol. The number of hydrogen-bond acceptors (Lipinski definition) is 3. The Hall–Kier alpha value is -1.84. The van der Waals surface area contributed by atoms with Crippen LogP contribution in [0.15, 0.2) is 36.9 Å². The summed E-state index contributed by atoms with van der Waals surface area (Å²) in [4.78, 5) is 3.93. The predicted octanol–water partition coefficient (Wildman–Crippen LogP) is 2.29. The fourth-order valence-corrected chi connectivity index (χ4v) is 2.00. The summed E-state index contributed by atoms with van der Waals surface area (Å²) in [6.07, 6.45) is 7.27. The molecule has 0 saturated heterocycles. The van der Waals surface area contributed by atoms with Gasteiger partial charge in [0.05, 0.1) is 6.54 Å². The van der Waals surface area contributed by atoms with Crippen LogP contribution < -0.4 is 5.32 Å². The van der Waals surface area contributed by atoms with Gasteiger partial charge in [0.2, 0.25) is 0 Å². The highest BCUT2D eigenvalue weighted by Gasteiger charge is 2.16. The Balaban J connectivity index is 1.63. The monoisotopic (exact) mass is 228 g/mol. The van der Waals surface area contributed by atoms with E-state index in [9.17, 15) is 0 Å². The molecule has 1 fully saturated rings. The molecule has 17 heavy (non-hydrogen) atoms. The van der Waals surface area contributed by atoms with Crippen molar-refractivity contribution in [1.29, 1.82) is 0 Å². The summed E-state index contributed by atoms with van der Waals surface area (Å²) in [5.74, 6) is 0. The highest BCUT2D eigenvalue weighted by molar-refractivity contribution is 5.45. The lowest BCUT2D eigenvalue weighted by Crippen LogP contribution is -2.26. The van der Waals surface area contributed by atoms with Crippen molar-refractivity contribution in [2.24, 2.45) is 0 Å². The predicted molar refractivity (Wildman–Crippen MR) is 66.8 cm³/mol. The first-order valence-corrected chi connectivity index (χ1v) is 6.08. The van der Waals surface area contributed by atoms with Gasteiger partial charge in [0, 0.05) is 11.7 Å². The molecule has 88 valence electrons. The van der Waals surface area contributed by atoms with Gasteiger partial charge in [0.25, 0.3) is 0 Å². The van der Waals surface area contributed by atoms with E-state index >= 15 is 0 Å². The summed E-state index contributed by atoms with van der Waals surface area (Å²) in [5, 5.41) is 7.62. The van der Waals surface area contributed by atoms with Gasteiger partial charge in [-0.25, -0.2) is 9.67 Å². The lowest BCUT2D eigenvalue weighted by Gasteiger charge is -2.27. The van der Waals surface area contributed by atoms with Gasteiger partial charge in [0.15, 0.2) is 0 Å². The maximum Gasteiger partial charge on any atom is 0.137 e. The normalized spacial score (nSPS) is 15.5. The van der Waals surface area contributed by atoms with Crippen LogP contribution in [-0.4, -0.2) is 20.8 Å². The smallest absolute Gasteiger partial charge is 0.137 e. The molecule has 2 aromatic rings. The van der Waals surface area contributed by atoms with Crippen LogP contribution in [0.4, 0.5) is 5.69 Å². The molecule has 1 heterocycles. The summed E-state index contributed by atoms with van der Waals surface area (Å²) in [6.45, 7) is 0.781. The van der Waals surface area contributed by atoms with Gasteiger partial charge in [-0.2, -0.15) is 5.10 Å². The van der Waals surface area contributed by atoms with E-state index in [4.69, 9.17) is 0 Å². The first-order chi connectivity index (χ1) is 8.40. The van der Waals surface area contributed by atoms with Crippen LogP contribution in [0.3, 0.4) is 0 Å². The molecule has 0 atom stereocenters. The fraction of sp³-hybridized carbons (Fsp3) is 0.385. The zero-order valence-electron chi connectivity index (χ0n) is 9.71. The van der Waals surface area contributed by atoms with E-state index in [2.05, 4.69) is 39.7 Å². The molecule has 0 bridgehead atoms. The van der Waals surface area contributed by atoms with Gasteiger partial charge in [-0.05, 0) is 37.0 Å². The SMILES string of the molecule is c1ncn(Cc2ccc(NC3CCC3)cc2)n1. The third-order valence-electron chi connectivity index (χ3n) is 3.24. The molecule has 0 radical (unpaired) electrons. The quantitative estimate of drug-likeness (QED) is 0.873. The number of nitrogens with zero attached hydrogens (tertiary/aromatic N) is 3. The molecule has 3 rings (SSSR count). The molecule has 0 amide bonds. The van der Waals surface area contributed by atoms with Crippen LogP contribution in [-0.2, 0) is 6.54 Å². The minimum atomic E-state index is 0.691. The van der Waals surface area contributed by atoms with E-state index in [0.717, 1.165) is 6.54 Å². The van der Waals surface area contributed by atoms with Crippen LogP contribution in [0.25, 0.3) is 0 Å². The summed E-state index contributed by atoms with van der Waals surface area (Å²) in [7, 11) is 0. The summed E-state index contributed by atoms with van der Waals surface area (Å²) in [5.41, 5.74) is 2.46. The molecule has 1 aliphatic carbocycles. The van der Waals surface area contributed by atoms with Crippen molar-refractivity contribution in [2.75, 3.05) is 5.32 Å². The van der Waals surface area contributed by atoms with Gasteiger partial charge in [0.1, 0.15) is 12.7 Å². The van der Waals surface area contributed by atoms with E-state index in [1.165, 1.54) is 30.5 Å². The summed E-state index contributed by atoms with van der Waals surface area (Å²) < 4.78 is 1.83. The Bertz CT molecular complexity index is 457. The number of nitrogens with one attached hydrogen (secondary N) is 1. The fourth-order valence-electron chi connectivity index (χ4n) is 2.00. The van der Waals surface area contributed by atoms with Crippen molar-refractivity contribution >= 4 is 5.69 Å². The van der Waals surface area contributed by atoms with Gasteiger partial charge < -0.3 is 5.32 Å². The zero-order chi connectivity index (χ0) is 11.5. The lowest BCUT2D eigenvalue weighted by molar-refractivity contribution is 0.445. The average Bonchev–Trinajstić information content (AvgIpc) is 2.78. The minimum Gasteiger partial charge on any atom is -0.382 e. The van der Waals surface area contributed by atoms with Crippen LogP contribution in [0.1, 0.15) is 24.8 Å². The molecule has 1 aromatic heterocycles. The first kappa shape index (κ1) is 10.3. The van der Waals surface area contributed by atoms with Crippen LogP contribution in [0.2, 0.25) is 0 Å². The third-order valence-corrected chi connectivity index (χ3v) is 3.24. The Morgan fingerprint density at radius 1 is 1.24 bits per heavy atom. The van der Waals surface area contributed by atoms with Gasteiger partial charge >= 0.3 is 0 Å². The van der Waals surface area contributed by atoms with Crippen molar-refractivity contribution in [3.8, 4) is 0 Å². The Morgan fingerprint density at radius 2 is 2.06 bits per heavy atom. The van der Waals surface area contributed by atoms with Gasteiger partial charge in [-0.3, -0.25) is 0 Å². The second kappa shape index (κ2) is 4.57. The summed E-state index contributed by atoms with van der Waals surface area (Å²) >= 11 is 0. The van der Waals surface area contributed by atoms with Crippen LogP contribution >= 0.6 is 0 Å². The third kappa shape index (κ3) is 2.46. The number of benzene rings is 1. The van der Waals surface area contributed by atoms with Gasteiger partial charge in [-0.1, -0.05) is 12.1 Å². The molecule has 1 aliphatic rings. The van der Waals surface area contributed by atoms with E-state index in [-0.39, 0.29) is 0 Å². The van der Waals surface area contributed by atoms with E-state index in [0.29, 0.717) is 6.04 Å². The molecule has 4 nitrogen and oxygen atoms in total. The number of anilines is 1. The standard InChI is InChI=1S/C13H16N4/c1-2-12(3-1)16-13-6-4-11(5-7-13)8-17-10-14-9-15-17/h4-7,9-10,12,16H,1-3,8H2. The Labute approximate surface area is 101 Å². The summed E-state index contributed by atoms with van der Waals surface area (Å²) in [6, 6.07) is 9.26. The molecular formula is C13H16N4. The van der Waals surface area contributed by atoms with E-state index in [1.54, 1.807) is 12.7 Å². The maximum absolute atomic E-state index is 4.09. The highest BCUT2D eigenvalue weighted by atomic mass is 15.3. The van der Waals surface area contributed by atoms with Crippen LogP contribution in [0.5, 0.6) is 0 Å². The number of aromatic nitrogens is 3. The van der Waals surface area contributed by atoms with Crippen LogP contribution in [0, 0.1) is 0 Å². The maximum atomic E-state index is 4.09. The largest absolute Gasteiger partial charge is 0.382 e. The molecule has 0 unspecified atom stereocenters. The minimum absolute atomic E-state index is 0.691. The molecule has 1 aromatic carbocycles. The molecule has 1 saturated carbocycles. The van der Waals surface area contributed by atoms with Crippen molar-refractivity contribution in [3.63, 3.8) is 0 Å². The molecule has 0 aliphatic heterocycles. The van der Waals surface area contributed by atoms with E-state index in [1.807, 2.05) is 4.68 Å². The van der Waals surface area contributed by atoms with E-state index < -0.39 is 0 Å². The topological polar surface area (TPSA) is 42.7 Å². The van der Waals surface area contributed by atoms with Crippen molar-refractivity contribution < 1.29 is 0 Å².